The molecule has 2 nitrogen and oxygen atoms in total. The van der Waals surface area contributed by atoms with E-state index in [0.717, 1.165) is 36.1 Å². The highest BCUT2D eigenvalue weighted by atomic mass is 16.5. The zero-order valence-corrected chi connectivity index (χ0v) is 13.8. The summed E-state index contributed by atoms with van der Waals surface area (Å²) in [6, 6.07) is 4.04. The normalized spacial score (nSPS) is 18.7. The number of hydrogen-bond acceptors (Lipinski definition) is 2. The Bertz CT molecular complexity index is 515. The van der Waals surface area contributed by atoms with Gasteiger partial charge < -0.3 is 9.84 Å². The van der Waals surface area contributed by atoms with E-state index in [4.69, 9.17) is 4.74 Å². The van der Waals surface area contributed by atoms with Crippen LogP contribution in [0.3, 0.4) is 0 Å². The zero-order chi connectivity index (χ0) is 15.4. The van der Waals surface area contributed by atoms with Crippen LogP contribution in [0.25, 0.3) is 0 Å². The molecule has 1 aliphatic rings. The maximum atomic E-state index is 10.5. The van der Waals surface area contributed by atoms with Gasteiger partial charge in [0.05, 0.1) is 6.10 Å². The number of allylic oxidation sites excluding steroid dienone is 2. The Hall–Kier alpha value is -1.44. The van der Waals surface area contributed by atoms with Crippen LogP contribution in [0.5, 0.6) is 11.5 Å². The van der Waals surface area contributed by atoms with Gasteiger partial charge in [-0.1, -0.05) is 25.0 Å². The standard InChI is InChI=1S/C19H28O2/c1-5-7-15-11-17(20)19(18(12-15)21-13(2)3)16-9-6-8-14(4)10-16/h10-13,16,20H,5-9H2,1-4H3. The number of phenolic OH excluding ortho intramolecular Hbond substituents is 1. The number of aromatic hydroxyl groups is 1. The van der Waals surface area contributed by atoms with Crippen LogP contribution < -0.4 is 4.74 Å². The van der Waals surface area contributed by atoms with Gasteiger partial charge in [0.1, 0.15) is 11.5 Å². The fourth-order valence-electron chi connectivity index (χ4n) is 3.16. The van der Waals surface area contributed by atoms with Crippen molar-refractivity contribution >= 4 is 0 Å². The first kappa shape index (κ1) is 15.9. The van der Waals surface area contributed by atoms with E-state index in [0.29, 0.717) is 5.75 Å². The summed E-state index contributed by atoms with van der Waals surface area (Å²) in [5.41, 5.74) is 3.55. The summed E-state index contributed by atoms with van der Waals surface area (Å²) in [5, 5.41) is 10.5. The predicted molar refractivity (Wildman–Crippen MR) is 88.2 cm³/mol. The van der Waals surface area contributed by atoms with Crippen molar-refractivity contribution in [3.63, 3.8) is 0 Å². The maximum absolute atomic E-state index is 10.5. The van der Waals surface area contributed by atoms with E-state index in [9.17, 15) is 5.11 Å². The monoisotopic (exact) mass is 288 g/mol. The molecule has 0 saturated heterocycles. The fourth-order valence-corrected chi connectivity index (χ4v) is 3.16. The quantitative estimate of drug-likeness (QED) is 0.740. The molecule has 0 aromatic heterocycles. The lowest BCUT2D eigenvalue weighted by Gasteiger charge is -2.25. The van der Waals surface area contributed by atoms with Crippen LogP contribution in [0, 0.1) is 0 Å². The molecule has 1 aliphatic carbocycles. The van der Waals surface area contributed by atoms with Gasteiger partial charge in [-0.25, -0.2) is 0 Å². The fraction of sp³-hybridized carbons (Fsp3) is 0.579. The first-order valence-electron chi connectivity index (χ1n) is 8.21. The second-order valence-corrected chi connectivity index (χ2v) is 6.46. The molecule has 0 fully saturated rings. The maximum Gasteiger partial charge on any atom is 0.127 e. The number of phenols is 1. The van der Waals surface area contributed by atoms with E-state index in [-0.39, 0.29) is 12.0 Å². The molecule has 0 aliphatic heterocycles. The number of ether oxygens (including phenoxy) is 1. The van der Waals surface area contributed by atoms with Gasteiger partial charge in [0.2, 0.25) is 0 Å². The average molecular weight is 288 g/mol. The Labute approximate surface area is 128 Å². The van der Waals surface area contributed by atoms with Crippen LogP contribution in [-0.2, 0) is 6.42 Å². The third kappa shape index (κ3) is 4.03. The van der Waals surface area contributed by atoms with Crippen molar-refractivity contribution < 1.29 is 9.84 Å². The summed E-state index contributed by atoms with van der Waals surface area (Å²) >= 11 is 0. The van der Waals surface area contributed by atoms with Gasteiger partial charge in [-0.2, -0.15) is 0 Å². The predicted octanol–water partition coefficient (Wildman–Crippen LogP) is 5.35. The largest absolute Gasteiger partial charge is 0.507 e. The van der Waals surface area contributed by atoms with Crippen molar-refractivity contribution in [1.82, 2.24) is 0 Å². The number of benzene rings is 1. The van der Waals surface area contributed by atoms with Crippen LogP contribution >= 0.6 is 0 Å². The lowest BCUT2D eigenvalue weighted by molar-refractivity contribution is 0.237. The third-order valence-electron chi connectivity index (χ3n) is 4.02. The first-order valence-corrected chi connectivity index (χ1v) is 8.21. The number of hydrogen-bond donors (Lipinski definition) is 1. The molecule has 0 bridgehead atoms. The van der Waals surface area contributed by atoms with Crippen LogP contribution in [0.15, 0.2) is 23.8 Å². The highest BCUT2D eigenvalue weighted by molar-refractivity contribution is 5.51. The minimum absolute atomic E-state index is 0.119. The van der Waals surface area contributed by atoms with Crippen molar-refractivity contribution in [3.05, 3.63) is 34.9 Å². The molecule has 0 spiro atoms. The summed E-state index contributed by atoms with van der Waals surface area (Å²) in [6.07, 6.45) is 7.91. The summed E-state index contributed by atoms with van der Waals surface area (Å²) in [4.78, 5) is 0. The van der Waals surface area contributed by atoms with Crippen molar-refractivity contribution in [3.8, 4) is 11.5 Å². The summed E-state index contributed by atoms with van der Waals surface area (Å²) in [6.45, 7) is 8.41. The summed E-state index contributed by atoms with van der Waals surface area (Å²) < 4.78 is 6.01. The summed E-state index contributed by atoms with van der Waals surface area (Å²) in [7, 11) is 0. The van der Waals surface area contributed by atoms with Crippen molar-refractivity contribution in [1.29, 1.82) is 0 Å². The van der Waals surface area contributed by atoms with E-state index in [1.54, 1.807) is 0 Å². The Morgan fingerprint density at radius 3 is 2.71 bits per heavy atom. The molecule has 1 unspecified atom stereocenters. The van der Waals surface area contributed by atoms with Crippen LogP contribution in [0.2, 0.25) is 0 Å². The molecule has 21 heavy (non-hydrogen) atoms. The first-order chi connectivity index (χ1) is 10.0. The van der Waals surface area contributed by atoms with Gasteiger partial charge in [0.25, 0.3) is 0 Å². The zero-order valence-electron chi connectivity index (χ0n) is 13.8. The van der Waals surface area contributed by atoms with Crippen molar-refractivity contribution in [2.24, 2.45) is 0 Å². The van der Waals surface area contributed by atoms with Gasteiger partial charge in [0.15, 0.2) is 0 Å². The molecule has 1 aromatic carbocycles. The summed E-state index contributed by atoms with van der Waals surface area (Å²) in [5.74, 6) is 1.54. The second kappa shape index (κ2) is 7.02. The molecule has 0 saturated carbocycles. The smallest absolute Gasteiger partial charge is 0.127 e. The Balaban J connectivity index is 2.44. The molecule has 2 heteroatoms. The minimum atomic E-state index is 0.119. The van der Waals surface area contributed by atoms with Gasteiger partial charge in [-0.05, 0) is 64.2 Å². The van der Waals surface area contributed by atoms with Gasteiger partial charge in [-0.3, -0.25) is 0 Å². The van der Waals surface area contributed by atoms with Crippen LogP contribution in [0.4, 0.5) is 0 Å². The number of rotatable bonds is 5. The average Bonchev–Trinajstić information content (AvgIpc) is 2.37. The molecule has 1 aromatic rings. The van der Waals surface area contributed by atoms with Gasteiger partial charge >= 0.3 is 0 Å². The molecule has 0 amide bonds. The molecule has 0 radical (unpaired) electrons. The SMILES string of the molecule is CCCc1cc(O)c(C2C=C(C)CCC2)c(OC(C)C)c1. The van der Waals surface area contributed by atoms with E-state index in [1.165, 1.54) is 18.4 Å². The minimum Gasteiger partial charge on any atom is -0.507 e. The van der Waals surface area contributed by atoms with E-state index < -0.39 is 0 Å². The van der Waals surface area contributed by atoms with E-state index in [1.807, 2.05) is 19.9 Å². The van der Waals surface area contributed by atoms with Crippen molar-refractivity contribution in [2.75, 3.05) is 0 Å². The van der Waals surface area contributed by atoms with Crippen LogP contribution in [-0.4, -0.2) is 11.2 Å². The molecule has 0 heterocycles. The van der Waals surface area contributed by atoms with E-state index in [2.05, 4.69) is 26.0 Å². The lowest BCUT2D eigenvalue weighted by atomic mass is 9.84. The Morgan fingerprint density at radius 2 is 2.10 bits per heavy atom. The Morgan fingerprint density at radius 1 is 1.33 bits per heavy atom. The molecule has 1 atom stereocenters. The van der Waals surface area contributed by atoms with Crippen LogP contribution in [0.1, 0.15) is 70.4 Å². The highest BCUT2D eigenvalue weighted by Gasteiger charge is 2.22. The molecule has 116 valence electrons. The van der Waals surface area contributed by atoms with Gasteiger partial charge in [0, 0.05) is 11.5 Å². The lowest BCUT2D eigenvalue weighted by Crippen LogP contribution is -2.11. The highest BCUT2D eigenvalue weighted by Crippen LogP contribution is 2.42. The Kier molecular flexibility index (Phi) is 5.33. The number of aryl methyl sites for hydroxylation is 1. The second-order valence-electron chi connectivity index (χ2n) is 6.46. The molecule has 2 rings (SSSR count). The van der Waals surface area contributed by atoms with E-state index >= 15 is 0 Å². The molecule has 1 N–H and O–H groups in total. The topological polar surface area (TPSA) is 29.5 Å². The molecular formula is C19H28O2. The molecular weight excluding hydrogens is 260 g/mol. The third-order valence-corrected chi connectivity index (χ3v) is 4.02. The van der Waals surface area contributed by atoms with Crippen molar-refractivity contribution in [2.45, 2.75) is 71.8 Å². The van der Waals surface area contributed by atoms with Gasteiger partial charge in [-0.15, -0.1) is 0 Å².